The molecule has 7 rings (SSSR count). The number of aromatic nitrogens is 6. The summed E-state index contributed by atoms with van der Waals surface area (Å²) in [5.41, 5.74) is 3.32. The van der Waals surface area contributed by atoms with E-state index in [9.17, 15) is 14.0 Å². The Morgan fingerprint density at radius 2 is 1.30 bits per heavy atom. The Labute approximate surface area is 273 Å². The number of pyridine rings is 2. The highest BCUT2D eigenvalue weighted by Crippen LogP contribution is 2.43. The smallest absolute Gasteiger partial charge is 0.232 e. The molecule has 2 N–H and O–H groups in total. The molecular formula is C31H35FN10O2S2. The molecule has 0 radical (unpaired) electrons. The van der Waals surface area contributed by atoms with Gasteiger partial charge in [-0.2, -0.15) is 0 Å². The van der Waals surface area contributed by atoms with Crippen molar-refractivity contribution in [1.82, 2.24) is 30.4 Å². The summed E-state index contributed by atoms with van der Waals surface area (Å²) < 4.78 is 13.2. The van der Waals surface area contributed by atoms with Gasteiger partial charge in [0.15, 0.2) is 0 Å². The maximum absolute atomic E-state index is 13.2. The van der Waals surface area contributed by atoms with Crippen LogP contribution in [-0.2, 0) is 22.4 Å². The fraction of sp³-hybridized carbons (Fsp3) is 0.484. The van der Waals surface area contributed by atoms with E-state index in [2.05, 4.69) is 52.8 Å². The van der Waals surface area contributed by atoms with E-state index in [0.717, 1.165) is 65.9 Å². The van der Waals surface area contributed by atoms with Crippen LogP contribution >= 0.6 is 22.7 Å². The van der Waals surface area contributed by atoms with Gasteiger partial charge in [-0.3, -0.25) is 19.6 Å². The molecule has 2 aliphatic heterocycles. The van der Waals surface area contributed by atoms with Crippen LogP contribution in [0, 0.1) is 5.92 Å². The summed E-state index contributed by atoms with van der Waals surface area (Å²) >= 11 is 2.81. The van der Waals surface area contributed by atoms with E-state index in [1.165, 1.54) is 22.7 Å². The zero-order valence-corrected chi connectivity index (χ0v) is 27.1. The highest BCUT2D eigenvalue weighted by Gasteiger charge is 2.30. The van der Waals surface area contributed by atoms with Crippen LogP contribution in [0.5, 0.6) is 0 Å². The lowest BCUT2D eigenvalue weighted by atomic mass is 9.82. The standard InChI is InChI=1S/C31H35FN10O2S2/c1-18-14-41(15-18)24-5-7-33-22(10-24)12-26(43)35-30-39-37-28(45-30)19-3-2-4-20(9-19)29-38-40-31(46-29)36-27(44)13-23-11-25(6-8-34-23)42-16-21(32)17-42/h5-8,10-11,18-21H,2-4,9,12-17H2,1H3,(H,35,39,43)(H,36,40,44)/t19-,20-/m0/s1. The number of halogens is 1. The zero-order chi connectivity index (χ0) is 31.6. The van der Waals surface area contributed by atoms with E-state index in [4.69, 9.17) is 0 Å². The van der Waals surface area contributed by atoms with Gasteiger partial charge in [0.05, 0.1) is 37.3 Å². The second-order valence-corrected chi connectivity index (χ2v) is 14.4. The Morgan fingerprint density at radius 3 is 1.78 bits per heavy atom. The molecule has 12 nitrogen and oxygen atoms in total. The van der Waals surface area contributed by atoms with Crippen LogP contribution in [0.15, 0.2) is 36.7 Å². The van der Waals surface area contributed by atoms with Crippen LogP contribution in [0.25, 0.3) is 0 Å². The van der Waals surface area contributed by atoms with E-state index in [1.807, 2.05) is 29.2 Å². The molecule has 0 bridgehead atoms. The predicted octanol–water partition coefficient (Wildman–Crippen LogP) is 4.60. The molecule has 0 unspecified atom stereocenters. The Kier molecular flexibility index (Phi) is 8.84. The minimum Gasteiger partial charge on any atom is -0.371 e. The van der Waals surface area contributed by atoms with E-state index in [0.29, 0.717) is 35.0 Å². The quantitative estimate of drug-likeness (QED) is 0.248. The summed E-state index contributed by atoms with van der Waals surface area (Å²) in [6, 6.07) is 7.62. The largest absolute Gasteiger partial charge is 0.371 e. The average molecular weight is 663 g/mol. The number of rotatable bonds is 10. The number of nitrogens with one attached hydrogen (secondary N) is 2. The van der Waals surface area contributed by atoms with Crippen molar-refractivity contribution in [3.8, 4) is 0 Å². The summed E-state index contributed by atoms with van der Waals surface area (Å²) in [5, 5.41) is 25.8. The highest BCUT2D eigenvalue weighted by atomic mass is 32.1. The first-order chi connectivity index (χ1) is 22.3. The molecule has 0 spiro atoms. The second-order valence-electron chi connectivity index (χ2n) is 12.4. The van der Waals surface area contributed by atoms with Crippen LogP contribution in [0.4, 0.5) is 26.0 Å². The third kappa shape index (κ3) is 7.15. The molecule has 2 saturated heterocycles. The molecule has 3 fully saturated rings. The second kappa shape index (κ2) is 13.3. The summed E-state index contributed by atoms with van der Waals surface area (Å²) in [6.45, 7) is 5.02. The van der Waals surface area contributed by atoms with Crippen molar-refractivity contribution >= 4 is 56.1 Å². The summed E-state index contributed by atoms with van der Waals surface area (Å²) in [4.78, 5) is 38.4. The summed E-state index contributed by atoms with van der Waals surface area (Å²) in [5.74, 6) is 0.712. The lowest BCUT2D eigenvalue weighted by Gasteiger charge is -2.39. The number of hydrogen-bond acceptors (Lipinski definition) is 12. The molecule has 1 aliphatic carbocycles. The molecular weight excluding hydrogens is 628 g/mol. The molecule has 15 heteroatoms. The maximum Gasteiger partial charge on any atom is 0.232 e. The van der Waals surface area contributed by atoms with Crippen molar-refractivity contribution in [3.63, 3.8) is 0 Å². The monoisotopic (exact) mass is 662 g/mol. The van der Waals surface area contributed by atoms with Gasteiger partial charge in [-0.05, 0) is 49.4 Å². The number of carbonyl (C=O) groups excluding carboxylic acids is 2. The Balaban J connectivity index is 0.904. The zero-order valence-electron chi connectivity index (χ0n) is 25.4. The SMILES string of the molecule is CC1CN(c2ccnc(CC(=O)Nc3nnc([C@H]4CCC[C@H](c5nnc(NC(=O)Cc6cc(N7CC(F)C7)ccn6)s5)C4)s3)c2)C1. The van der Waals surface area contributed by atoms with Gasteiger partial charge >= 0.3 is 0 Å². The van der Waals surface area contributed by atoms with Gasteiger partial charge in [0, 0.05) is 48.7 Å². The topological polar surface area (TPSA) is 142 Å². The van der Waals surface area contributed by atoms with Gasteiger partial charge in [0.1, 0.15) is 16.2 Å². The molecule has 46 heavy (non-hydrogen) atoms. The predicted molar refractivity (Wildman–Crippen MR) is 175 cm³/mol. The third-order valence-electron chi connectivity index (χ3n) is 8.66. The molecule has 2 amide bonds. The maximum atomic E-state index is 13.2. The molecule has 2 atom stereocenters. The van der Waals surface area contributed by atoms with Gasteiger partial charge in [-0.25, -0.2) is 4.39 Å². The van der Waals surface area contributed by atoms with Gasteiger partial charge < -0.3 is 20.4 Å². The average Bonchev–Trinajstić information content (AvgIpc) is 3.68. The molecule has 240 valence electrons. The Hall–Kier alpha value is -4.11. The number of nitrogens with zero attached hydrogens (tertiary/aromatic N) is 8. The van der Waals surface area contributed by atoms with E-state index >= 15 is 0 Å². The fourth-order valence-electron chi connectivity index (χ4n) is 6.26. The first-order valence-electron chi connectivity index (χ1n) is 15.6. The third-order valence-corrected chi connectivity index (χ3v) is 10.7. The number of amides is 2. The number of alkyl halides is 1. The van der Waals surface area contributed by atoms with Crippen LogP contribution < -0.4 is 20.4 Å². The van der Waals surface area contributed by atoms with E-state index < -0.39 is 6.17 Å². The van der Waals surface area contributed by atoms with Gasteiger partial charge in [0.25, 0.3) is 0 Å². The van der Waals surface area contributed by atoms with Crippen molar-refractivity contribution in [2.75, 3.05) is 46.6 Å². The van der Waals surface area contributed by atoms with Crippen molar-refractivity contribution in [2.24, 2.45) is 5.92 Å². The lowest BCUT2D eigenvalue weighted by Crippen LogP contribution is -2.48. The molecule has 0 aromatic carbocycles. The van der Waals surface area contributed by atoms with Crippen molar-refractivity contribution in [2.45, 2.75) is 63.5 Å². The Morgan fingerprint density at radius 1 is 0.804 bits per heavy atom. The molecule has 1 saturated carbocycles. The lowest BCUT2D eigenvalue weighted by molar-refractivity contribution is -0.116. The van der Waals surface area contributed by atoms with Crippen LogP contribution in [0.2, 0.25) is 0 Å². The van der Waals surface area contributed by atoms with Gasteiger partial charge in [-0.1, -0.05) is 36.0 Å². The molecule has 4 aromatic rings. The number of anilines is 4. The number of carbonyl (C=O) groups is 2. The van der Waals surface area contributed by atoms with E-state index in [1.54, 1.807) is 12.4 Å². The number of hydrogen-bond donors (Lipinski definition) is 2. The van der Waals surface area contributed by atoms with Crippen LogP contribution in [0.1, 0.15) is 65.8 Å². The molecule has 4 aromatic heterocycles. The minimum atomic E-state index is -0.800. The first kappa shape index (κ1) is 30.5. The normalized spacial score (nSPS) is 20.2. The van der Waals surface area contributed by atoms with E-state index in [-0.39, 0.29) is 36.5 Å². The van der Waals surface area contributed by atoms with Crippen molar-refractivity contribution in [3.05, 3.63) is 58.1 Å². The fourth-order valence-corrected chi connectivity index (χ4v) is 8.07. The summed E-state index contributed by atoms with van der Waals surface area (Å²) in [6.07, 6.45) is 6.71. The van der Waals surface area contributed by atoms with Crippen LogP contribution in [0.3, 0.4) is 0 Å². The van der Waals surface area contributed by atoms with Gasteiger partial charge in [0.2, 0.25) is 22.1 Å². The first-order valence-corrected chi connectivity index (χ1v) is 17.3. The van der Waals surface area contributed by atoms with Crippen molar-refractivity contribution < 1.29 is 14.0 Å². The summed E-state index contributed by atoms with van der Waals surface area (Å²) in [7, 11) is 0. The molecule has 3 aliphatic rings. The minimum absolute atomic E-state index is 0.0951. The molecule has 6 heterocycles. The van der Waals surface area contributed by atoms with Crippen molar-refractivity contribution in [1.29, 1.82) is 0 Å². The Bertz CT molecular complexity index is 1580. The van der Waals surface area contributed by atoms with Crippen LogP contribution in [-0.4, -0.2) is 74.5 Å². The highest BCUT2D eigenvalue weighted by molar-refractivity contribution is 7.15. The van der Waals surface area contributed by atoms with Gasteiger partial charge in [-0.15, -0.1) is 20.4 Å².